The highest BCUT2D eigenvalue weighted by atomic mass is 19.1. The van der Waals surface area contributed by atoms with E-state index >= 15 is 0 Å². The van der Waals surface area contributed by atoms with Gasteiger partial charge in [-0.15, -0.1) is 0 Å². The summed E-state index contributed by atoms with van der Waals surface area (Å²) in [6, 6.07) is 9.73. The zero-order valence-corrected chi connectivity index (χ0v) is 16.2. The second-order valence-electron chi connectivity index (χ2n) is 6.10. The lowest BCUT2D eigenvalue weighted by Crippen LogP contribution is -1.79. The molecule has 0 fully saturated rings. The molecule has 0 atom stereocenters. The normalized spacial score (nSPS) is 11.9. The van der Waals surface area contributed by atoms with Gasteiger partial charge in [-0.05, 0) is 61.3 Å². The molecule has 0 bridgehead atoms. The largest absolute Gasteiger partial charge is 0.437 e. The van der Waals surface area contributed by atoms with Crippen molar-refractivity contribution in [2.75, 3.05) is 6.67 Å². The predicted octanol–water partition coefficient (Wildman–Crippen LogP) is 7.09. The van der Waals surface area contributed by atoms with Crippen LogP contribution in [-0.4, -0.2) is 16.6 Å². The molecule has 1 aromatic carbocycles. The van der Waals surface area contributed by atoms with Crippen LogP contribution in [0.4, 0.5) is 8.78 Å². The number of allylic oxidation sites excluding steroid dienone is 4. The van der Waals surface area contributed by atoms with Crippen molar-refractivity contribution in [3.63, 3.8) is 0 Å². The lowest BCUT2D eigenvalue weighted by Gasteiger charge is -1.99. The van der Waals surface area contributed by atoms with Crippen LogP contribution in [0.25, 0.3) is 28.3 Å². The van der Waals surface area contributed by atoms with Gasteiger partial charge in [0.1, 0.15) is 11.3 Å². The number of fused-ring (bicyclic) bond motifs is 1. The van der Waals surface area contributed by atoms with Crippen molar-refractivity contribution in [1.29, 1.82) is 0 Å². The molecule has 3 nitrogen and oxygen atoms in total. The summed E-state index contributed by atoms with van der Waals surface area (Å²) in [5.74, 6) is 0.207. The molecule has 0 saturated carbocycles. The van der Waals surface area contributed by atoms with Crippen molar-refractivity contribution in [1.82, 2.24) is 9.97 Å². The third kappa shape index (κ3) is 5.98. The Bertz CT molecular complexity index is 957. The molecule has 0 aliphatic carbocycles. The first kappa shape index (κ1) is 21.2. The van der Waals surface area contributed by atoms with Gasteiger partial charge in [0, 0.05) is 18.0 Å². The molecule has 0 aliphatic rings. The summed E-state index contributed by atoms with van der Waals surface area (Å²) in [7, 11) is 0. The first-order chi connectivity index (χ1) is 13.6. The predicted molar refractivity (Wildman–Crippen MR) is 111 cm³/mol. The Hall–Kier alpha value is -3.08. The third-order valence-electron chi connectivity index (χ3n) is 3.86. The average molecular weight is 382 g/mol. The van der Waals surface area contributed by atoms with Gasteiger partial charge < -0.3 is 4.42 Å². The van der Waals surface area contributed by atoms with Crippen LogP contribution >= 0.6 is 0 Å². The van der Waals surface area contributed by atoms with Crippen LogP contribution in [0.15, 0.2) is 77.3 Å². The second-order valence-corrected chi connectivity index (χ2v) is 6.10. The highest BCUT2D eigenvalue weighted by Crippen LogP contribution is 2.24. The van der Waals surface area contributed by atoms with Gasteiger partial charge in [-0.25, -0.2) is 9.37 Å². The minimum atomic E-state index is -0.293. The minimum Gasteiger partial charge on any atom is -0.437 e. The topological polar surface area (TPSA) is 38.9 Å². The molecule has 146 valence electrons. The number of benzene rings is 1. The molecule has 3 rings (SSSR count). The number of aromatic nitrogens is 2. The van der Waals surface area contributed by atoms with Crippen LogP contribution in [-0.2, 0) is 0 Å². The molecule has 28 heavy (non-hydrogen) atoms. The van der Waals surface area contributed by atoms with E-state index in [0.717, 1.165) is 16.6 Å². The van der Waals surface area contributed by atoms with Crippen molar-refractivity contribution in [2.24, 2.45) is 0 Å². The molecular formula is C23H24F2N2O. The van der Waals surface area contributed by atoms with Gasteiger partial charge >= 0.3 is 0 Å². The van der Waals surface area contributed by atoms with E-state index in [1.54, 1.807) is 26.1 Å². The zero-order chi connectivity index (χ0) is 20.4. The van der Waals surface area contributed by atoms with Crippen LogP contribution in [0, 0.1) is 0 Å². The molecule has 2 aromatic heterocycles. The lowest BCUT2D eigenvalue weighted by molar-refractivity contribution is 0.487. The molecular weight excluding hydrogens is 358 g/mol. The SMILES string of the molecule is C=C/C(F)=C(\C)CC=Cc1nc2cc(-c3cccnc3)ccc2o1.CCCF. The zero-order valence-electron chi connectivity index (χ0n) is 16.2. The number of pyridine rings is 1. The Labute approximate surface area is 164 Å². The van der Waals surface area contributed by atoms with Gasteiger partial charge in [-0.2, -0.15) is 0 Å². The monoisotopic (exact) mass is 382 g/mol. The maximum Gasteiger partial charge on any atom is 0.219 e. The maximum atomic E-state index is 13.3. The Morgan fingerprint density at radius 3 is 2.68 bits per heavy atom. The smallest absolute Gasteiger partial charge is 0.219 e. The highest BCUT2D eigenvalue weighted by Gasteiger charge is 2.06. The number of rotatable bonds is 6. The van der Waals surface area contributed by atoms with Crippen molar-refractivity contribution < 1.29 is 13.2 Å². The fraction of sp³-hybridized carbons (Fsp3) is 0.217. The molecule has 0 radical (unpaired) electrons. The average Bonchev–Trinajstić information content (AvgIpc) is 3.15. The van der Waals surface area contributed by atoms with Crippen molar-refractivity contribution >= 4 is 17.2 Å². The van der Waals surface area contributed by atoms with E-state index in [4.69, 9.17) is 4.42 Å². The number of oxazole rings is 1. The van der Waals surface area contributed by atoms with E-state index in [0.29, 0.717) is 29.9 Å². The molecule has 0 amide bonds. The maximum absolute atomic E-state index is 13.3. The molecule has 3 aromatic rings. The lowest BCUT2D eigenvalue weighted by atomic mass is 10.1. The highest BCUT2D eigenvalue weighted by molar-refractivity contribution is 5.80. The number of hydrogen-bond donors (Lipinski definition) is 0. The fourth-order valence-electron chi connectivity index (χ4n) is 2.34. The minimum absolute atomic E-state index is 0.181. The first-order valence-corrected chi connectivity index (χ1v) is 9.10. The van der Waals surface area contributed by atoms with Gasteiger partial charge in [-0.3, -0.25) is 9.37 Å². The van der Waals surface area contributed by atoms with Crippen molar-refractivity contribution in [2.45, 2.75) is 26.7 Å². The Morgan fingerprint density at radius 2 is 2.04 bits per heavy atom. The van der Waals surface area contributed by atoms with Crippen LogP contribution < -0.4 is 0 Å². The summed E-state index contributed by atoms with van der Waals surface area (Å²) in [5.41, 5.74) is 4.18. The van der Waals surface area contributed by atoms with Gasteiger partial charge in [0.25, 0.3) is 0 Å². The summed E-state index contributed by atoms with van der Waals surface area (Å²) in [5, 5.41) is 0. The molecule has 2 heterocycles. The van der Waals surface area contributed by atoms with E-state index in [1.807, 2.05) is 42.6 Å². The van der Waals surface area contributed by atoms with Gasteiger partial charge in [0.2, 0.25) is 5.89 Å². The van der Waals surface area contributed by atoms with E-state index in [9.17, 15) is 8.78 Å². The molecule has 0 N–H and O–H groups in total. The van der Waals surface area contributed by atoms with Crippen molar-refractivity contribution in [3.05, 3.63) is 78.7 Å². The Balaban J connectivity index is 0.000000640. The van der Waals surface area contributed by atoms with E-state index in [1.165, 1.54) is 6.08 Å². The summed E-state index contributed by atoms with van der Waals surface area (Å²) in [4.78, 5) is 8.58. The van der Waals surface area contributed by atoms with E-state index in [-0.39, 0.29) is 12.5 Å². The standard InChI is InChI=1S/C20H17FN2O.C3H7F/c1-3-17(21)14(2)6-4-8-20-23-18-12-15(9-10-19(18)24-20)16-7-5-11-22-13-16;1-2-3-4/h3-5,7-13H,1,6H2,2H3;2-3H2,1H3/b8-4?,17-14-;. The van der Waals surface area contributed by atoms with Gasteiger partial charge in [-0.1, -0.05) is 31.7 Å². The van der Waals surface area contributed by atoms with Gasteiger partial charge in [0.05, 0.1) is 6.67 Å². The summed E-state index contributed by atoms with van der Waals surface area (Å²) in [6.07, 6.45) is 9.48. The number of halogens is 2. The number of nitrogens with zero attached hydrogens (tertiary/aromatic N) is 2. The molecule has 0 saturated heterocycles. The Morgan fingerprint density at radius 1 is 1.25 bits per heavy atom. The molecule has 0 unspecified atom stereocenters. The van der Waals surface area contributed by atoms with E-state index in [2.05, 4.69) is 16.5 Å². The first-order valence-electron chi connectivity index (χ1n) is 9.10. The summed E-state index contributed by atoms with van der Waals surface area (Å²) < 4.78 is 29.7. The fourth-order valence-corrected chi connectivity index (χ4v) is 2.34. The van der Waals surface area contributed by atoms with Crippen LogP contribution in [0.5, 0.6) is 0 Å². The summed E-state index contributed by atoms with van der Waals surface area (Å²) in [6.45, 7) is 6.77. The quantitative estimate of drug-likeness (QED) is 0.427. The van der Waals surface area contributed by atoms with Crippen molar-refractivity contribution in [3.8, 4) is 11.1 Å². The number of alkyl halides is 1. The van der Waals surface area contributed by atoms with Crippen LogP contribution in [0.2, 0.25) is 0 Å². The third-order valence-corrected chi connectivity index (χ3v) is 3.86. The van der Waals surface area contributed by atoms with Crippen LogP contribution in [0.3, 0.4) is 0 Å². The van der Waals surface area contributed by atoms with Gasteiger partial charge in [0.15, 0.2) is 5.58 Å². The van der Waals surface area contributed by atoms with E-state index < -0.39 is 0 Å². The second kappa shape index (κ2) is 10.9. The molecule has 0 aliphatic heterocycles. The van der Waals surface area contributed by atoms with Crippen LogP contribution in [0.1, 0.15) is 32.6 Å². The number of hydrogen-bond acceptors (Lipinski definition) is 3. The summed E-state index contributed by atoms with van der Waals surface area (Å²) >= 11 is 0. The molecule has 5 heteroatoms. The molecule has 0 spiro atoms. The Kier molecular flexibility index (Phi) is 8.28.